The Labute approximate surface area is 168 Å². The second-order valence-electron chi connectivity index (χ2n) is 6.38. The highest BCUT2D eigenvalue weighted by Gasteiger charge is 2.11. The van der Waals surface area contributed by atoms with E-state index in [2.05, 4.69) is 4.98 Å². The van der Waals surface area contributed by atoms with E-state index in [1.807, 2.05) is 48.7 Å². The minimum atomic E-state index is -0.0859. The van der Waals surface area contributed by atoms with Crippen molar-refractivity contribution in [3.05, 3.63) is 103 Å². The highest BCUT2D eigenvalue weighted by Crippen LogP contribution is 2.24. The van der Waals surface area contributed by atoms with Gasteiger partial charge in [-0.15, -0.1) is 0 Å². The number of pyridine rings is 1. The predicted octanol–water partition coefficient (Wildman–Crippen LogP) is 4.84. The average molecular weight is 381 g/mol. The Morgan fingerprint density at radius 3 is 2.48 bits per heavy atom. The normalized spacial score (nSPS) is 10.9. The molecular formula is C24H19N3O2. The Morgan fingerprint density at radius 1 is 1.00 bits per heavy atom. The molecule has 2 heterocycles. The van der Waals surface area contributed by atoms with Crippen molar-refractivity contribution in [3.63, 3.8) is 0 Å². The van der Waals surface area contributed by atoms with Gasteiger partial charge < -0.3 is 4.74 Å². The first-order valence-corrected chi connectivity index (χ1v) is 9.16. The van der Waals surface area contributed by atoms with Crippen molar-refractivity contribution >= 4 is 11.9 Å². The van der Waals surface area contributed by atoms with Crippen LogP contribution < -0.4 is 4.74 Å². The molecule has 0 unspecified atom stereocenters. The zero-order valence-corrected chi connectivity index (χ0v) is 15.9. The molecule has 4 rings (SSSR count). The fourth-order valence-electron chi connectivity index (χ4n) is 2.97. The number of allylic oxidation sites excluding steroid dienone is 1. The van der Waals surface area contributed by atoms with Gasteiger partial charge in [0.15, 0.2) is 5.78 Å². The lowest BCUT2D eigenvalue weighted by atomic mass is 10.1. The molecule has 2 aromatic carbocycles. The number of rotatable bonds is 6. The van der Waals surface area contributed by atoms with E-state index in [1.165, 1.54) is 0 Å². The third kappa shape index (κ3) is 4.14. The van der Waals surface area contributed by atoms with E-state index in [4.69, 9.17) is 9.84 Å². The molecule has 0 N–H and O–H groups in total. The molecule has 142 valence electrons. The van der Waals surface area contributed by atoms with Gasteiger partial charge in [-0.3, -0.25) is 9.78 Å². The molecule has 0 saturated heterocycles. The van der Waals surface area contributed by atoms with Gasteiger partial charge in [-0.25, -0.2) is 4.68 Å². The van der Waals surface area contributed by atoms with Gasteiger partial charge in [0.2, 0.25) is 0 Å². The molecule has 0 aliphatic heterocycles. The number of nitrogens with zero attached hydrogens (tertiary/aromatic N) is 3. The topological polar surface area (TPSA) is 57.0 Å². The molecule has 29 heavy (non-hydrogen) atoms. The van der Waals surface area contributed by atoms with Gasteiger partial charge in [0.25, 0.3) is 0 Å². The lowest BCUT2D eigenvalue weighted by Crippen LogP contribution is -1.94. The SMILES string of the molecule is COc1ccc(C(=O)C=Cc2cn(-c3ccccc3)nc2-c2cccnc2)cc1. The number of ether oxygens (including phenoxy) is 1. The minimum Gasteiger partial charge on any atom is -0.497 e. The number of methoxy groups -OCH3 is 1. The number of para-hydroxylation sites is 1. The van der Waals surface area contributed by atoms with Gasteiger partial charge in [-0.2, -0.15) is 5.10 Å². The van der Waals surface area contributed by atoms with Crippen molar-refractivity contribution in [2.75, 3.05) is 7.11 Å². The van der Waals surface area contributed by atoms with Gasteiger partial charge in [0, 0.05) is 35.3 Å². The van der Waals surface area contributed by atoms with Crippen LogP contribution in [0, 0.1) is 0 Å². The lowest BCUT2D eigenvalue weighted by molar-refractivity contribution is 0.104. The number of benzene rings is 2. The second kappa shape index (κ2) is 8.35. The third-order valence-corrected chi connectivity index (χ3v) is 4.49. The summed E-state index contributed by atoms with van der Waals surface area (Å²) in [6.45, 7) is 0. The summed E-state index contributed by atoms with van der Waals surface area (Å²) in [5.41, 5.74) is 4.03. The number of ketones is 1. The van der Waals surface area contributed by atoms with Gasteiger partial charge in [0.05, 0.1) is 12.8 Å². The van der Waals surface area contributed by atoms with Crippen molar-refractivity contribution in [1.29, 1.82) is 0 Å². The summed E-state index contributed by atoms with van der Waals surface area (Å²) in [5, 5.41) is 4.72. The molecule has 5 heteroatoms. The highest BCUT2D eigenvalue weighted by molar-refractivity contribution is 6.07. The van der Waals surface area contributed by atoms with Crippen LogP contribution in [0.3, 0.4) is 0 Å². The molecule has 0 fully saturated rings. The van der Waals surface area contributed by atoms with Crippen molar-refractivity contribution < 1.29 is 9.53 Å². The number of hydrogen-bond donors (Lipinski definition) is 0. The van der Waals surface area contributed by atoms with Crippen LogP contribution in [0.2, 0.25) is 0 Å². The maximum atomic E-state index is 12.6. The number of hydrogen-bond acceptors (Lipinski definition) is 4. The standard InChI is InChI=1S/C24H19N3O2/c1-29-22-12-9-18(10-13-22)23(28)14-11-20-17-27(21-7-3-2-4-8-21)26-24(20)19-6-5-15-25-16-19/h2-17H,1H3. The number of carbonyl (C=O) groups is 1. The third-order valence-electron chi connectivity index (χ3n) is 4.49. The van der Waals surface area contributed by atoms with E-state index in [0.29, 0.717) is 11.3 Å². The molecule has 0 bridgehead atoms. The van der Waals surface area contributed by atoms with Crippen LogP contribution in [0.25, 0.3) is 23.0 Å². The van der Waals surface area contributed by atoms with E-state index in [-0.39, 0.29) is 5.78 Å². The smallest absolute Gasteiger partial charge is 0.185 e. The van der Waals surface area contributed by atoms with Gasteiger partial charge in [0.1, 0.15) is 11.4 Å². The molecule has 0 aliphatic carbocycles. The van der Waals surface area contributed by atoms with Crippen LogP contribution in [0.4, 0.5) is 0 Å². The van der Waals surface area contributed by atoms with Crippen LogP contribution in [0.15, 0.2) is 91.4 Å². The maximum absolute atomic E-state index is 12.6. The average Bonchev–Trinajstić information content (AvgIpc) is 3.23. The fraction of sp³-hybridized carbons (Fsp3) is 0.0417. The molecule has 2 aromatic heterocycles. The first-order valence-electron chi connectivity index (χ1n) is 9.16. The Kier molecular flexibility index (Phi) is 5.29. The zero-order chi connectivity index (χ0) is 20.1. The van der Waals surface area contributed by atoms with Crippen molar-refractivity contribution in [2.45, 2.75) is 0 Å². The Hall–Kier alpha value is -3.99. The Balaban J connectivity index is 1.68. The number of carbonyl (C=O) groups excluding carboxylic acids is 1. The summed E-state index contributed by atoms with van der Waals surface area (Å²) in [5.74, 6) is 0.630. The van der Waals surface area contributed by atoms with Crippen LogP contribution >= 0.6 is 0 Å². The molecular weight excluding hydrogens is 362 g/mol. The lowest BCUT2D eigenvalue weighted by Gasteiger charge is -2.00. The first-order chi connectivity index (χ1) is 14.2. The summed E-state index contributed by atoms with van der Waals surface area (Å²) in [7, 11) is 1.60. The quantitative estimate of drug-likeness (QED) is 0.354. The summed E-state index contributed by atoms with van der Waals surface area (Å²) in [6, 6.07) is 20.7. The summed E-state index contributed by atoms with van der Waals surface area (Å²) in [4.78, 5) is 16.8. The van der Waals surface area contributed by atoms with Crippen LogP contribution in [-0.2, 0) is 0 Å². The molecule has 5 nitrogen and oxygen atoms in total. The summed E-state index contributed by atoms with van der Waals surface area (Å²) >= 11 is 0. The van der Waals surface area contributed by atoms with Gasteiger partial charge in [-0.05, 0) is 60.7 Å². The molecule has 0 atom stereocenters. The Bertz CT molecular complexity index is 1130. The predicted molar refractivity (Wildman–Crippen MR) is 113 cm³/mol. The van der Waals surface area contributed by atoms with E-state index < -0.39 is 0 Å². The van der Waals surface area contributed by atoms with Crippen LogP contribution in [0.5, 0.6) is 5.75 Å². The molecule has 0 radical (unpaired) electrons. The van der Waals surface area contributed by atoms with E-state index >= 15 is 0 Å². The van der Waals surface area contributed by atoms with Crippen molar-refractivity contribution in [2.24, 2.45) is 0 Å². The number of aromatic nitrogens is 3. The molecule has 0 aliphatic rings. The van der Waals surface area contributed by atoms with Crippen LogP contribution in [-0.4, -0.2) is 27.7 Å². The van der Waals surface area contributed by atoms with Crippen LogP contribution in [0.1, 0.15) is 15.9 Å². The van der Waals surface area contributed by atoms with Crippen molar-refractivity contribution in [3.8, 4) is 22.7 Å². The fourth-order valence-corrected chi connectivity index (χ4v) is 2.97. The van der Waals surface area contributed by atoms with E-state index in [9.17, 15) is 4.79 Å². The summed E-state index contributed by atoms with van der Waals surface area (Å²) in [6.07, 6.45) is 8.76. The minimum absolute atomic E-state index is 0.0859. The molecule has 0 saturated carbocycles. The monoisotopic (exact) mass is 381 g/mol. The molecule has 0 spiro atoms. The largest absolute Gasteiger partial charge is 0.497 e. The van der Waals surface area contributed by atoms with Gasteiger partial charge >= 0.3 is 0 Å². The van der Waals surface area contributed by atoms with E-state index in [1.54, 1.807) is 60.6 Å². The van der Waals surface area contributed by atoms with Gasteiger partial charge in [-0.1, -0.05) is 18.2 Å². The molecule has 4 aromatic rings. The Morgan fingerprint density at radius 2 is 1.79 bits per heavy atom. The summed E-state index contributed by atoms with van der Waals surface area (Å²) < 4.78 is 6.95. The van der Waals surface area contributed by atoms with Crippen molar-refractivity contribution in [1.82, 2.24) is 14.8 Å². The molecule has 0 amide bonds. The van der Waals surface area contributed by atoms with E-state index in [0.717, 1.165) is 22.5 Å². The zero-order valence-electron chi connectivity index (χ0n) is 15.9. The highest BCUT2D eigenvalue weighted by atomic mass is 16.5. The maximum Gasteiger partial charge on any atom is 0.185 e. The second-order valence-corrected chi connectivity index (χ2v) is 6.38. The first kappa shape index (κ1) is 18.4.